The van der Waals surface area contributed by atoms with Crippen molar-refractivity contribution in [3.05, 3.63) is 23.2 Å². The predicted molar refractivity (Wildman–Crippen MR) is 74.7 cm³/mol. The number of hydrogen-bond acceptors (Lipinski definition) is 3. The lowest BCUT2D eigenvalue weighted by Gasteiger charge is -2.31. The van der Waals surface area contributed by atoms with Gasteiger partial charge in [0, 0.05) is 6.04 Å². The van der Waals surface area contributed by atoms with Crippen LogP contribution in [-0.2, 0) is 4.79 Å². The van der Waals surface area contributed by atoms with Gasteiger partial charge in [0.05, 0.1) is 22.9 Å². The van der Waals surface area contributed by atoms with Gasteiger partial charge in [-0.2, -0.15) is 0 Å². The summed E-state index contributed by atoms with van der Waals surface area (Å²) in [5.41, 5.74) is 12.7. The van der Waals surface area contributed by atoms with Crippen molar-refractivity contribution in [2.45, 2.75) is 31.7 Å². The lowest BCUT2D eigenvalue weighted by molar-refractivity contribution is -0.116. The maximum absolute atomic E-state index is 11.2. The molecule has 0 atom stereocenters. The lowest BCUT2D eigenvalue weighted by Crippen LogP contribution is -2.40. The Hall–Kier alpha value is -1.42. The Morgan fingerprint density at radius 2 is 2.06 bits per heavy atom. The van der Waals surface area contributed by atoms with Gasteiger partial charge in [0.2, 0.25) is 5.91 Å². The fourth-order valence-corrected chi connectivity index (χ4v) is 2.74. The number of carbonyl (C=O) groups is 1. The number of primary amides is 1. The number of benzene rings is 1. The lowest BCUT2D eigenvalue weighted by atomic mass is 10.1. The molecule has 0 bridgehead atoms. The Balaban J connectivity index is 2.32. The predicted octanol–water partition coefficient (Wildman–Crippen LogP) is 2.16. The van der Waals surface area contributed by atoms with Crippen LogP contribution in [0.3, 0.4) is 0 Å². The minimum atomic E-state index is -0.346. The number of nitrogens with zero attached hydrogens (tertiary/aromatic N) is 1. The fraction of sp³-hybridized carbons (Fsp3) is 0.462. The van der Waals surface area contributed by atoms with E-state index in [0.29, 0.717) is 16.8 Å². The minimum Gasteiger partial charge on any atom is -0.396 e. The van der Waals surface area contributed by atoms with E-state index in [9.17, 15) is 4.79 Å². The molecule has 1 aromatic rings. The quantitative estimate of drug-likeness (QED) is 0.821. The van der Waals surface area contributed by atoms with Gasteiger partial charge in [0.1, 0.15) is 0 Å². The van der Waals surface area contributed by atoms with E-state index >= 15 is 0 Å². The van der Waals surface area contributed by atoms with Crippen molar-refractivity contribution >= 4 is 28.9 Å². The highest BCUT2D eigenvalue weighted by atomic mass is 35.5. The van der Waals surface area contributed by atoms with Gasteiger partial charge in [-0.05, 0) is 25.0 Å². The third-order valence-electron chi connectivity index (χ3n) is 3.43. The number of nitrogens with two attached hydrogens (primary N) is 2. The highest BCUT2D eigenvalue weighted by molar-refractivity contribution is 6.33. The molecule has 1 aliphatic carbocycles. The second-order valence-corrected chi connectivity index (χ2v) is 5.11. The molecule has 0 unspecified atom stereocenters. The van der Waals surface area contributed by atoms with Crippen molar-refractivity contribution in [2.75, 3.05) is 17.2 Å². The standard InChI is InChI=1S/C13H18ClN3O/c14-10-6-3-7-11(13(10)16)17(8-12(15)18)9-4-1-2-5-9/h3,6-7,9H,1-2,4-5,8,16H2,(H2,15,18). The molecule has 1 aromatic carbocycles. The van der Waals surface area contributed by atoms with Gasteiger partial charge >= 0.3 is 0 Å². The van der Waals surface area contributed by atoms with E-state index in [1.54, 1.807) is 6.07 Å². The number of nitrogen functional groups attached to an aromatic ring is 1. The average Bonchev–Trinajstić information content (AvgIpc) is 2.83. The normalized spacial score (nSPS) is 15.8. The van der Waals surface area contributed by atoms with E-state index in [0.717, 1.165) is 18.5 Å². The third kappa shape index (κ3) is 2.70. The van der Waals surface area contributed by atoms with E-state index < -0.39 is 0 Å². The molecule has 0 heterocycles. The molecule has 4 nitrogen and oxygen atoms in total. The third-order valence-corrected chi connectivity index (χ3v) is 3.76. The van der Waals surface area contributed by atoms with Crippen molar-refractivity contribution in [3.63, 3.8) is 0 Å². The number of anilines is 2. The van der Waals surface area contributed by atoms with Gasteiger partial charge in [-0.15, -0.1) is 0 Å². The van der Waals surface area contributed by atoms with Crippen LogP contribution in [0, 0.1) is 0 Å². The number of halogens is 1. The number of rotatable bonds is 4. The van der Waals surface area contributed by atoms with Gasteiger partial charge in [-0.3, -0.25) is 4.79 Å². The zero-order valence-corrected chi connectivity index (χ0v) is 11.0. The SMILES string of the molecule is NC(=O)CN(c1cccc(Cl)c1N)C1CCCC1. The zero-order valence-electron chi connectivity index (χ0n) is 10.2. The molecular formula is C13H18ClN3O. The number of amides is 1. The molecule has 1 saturated carbocycles. The van der Waals surface area contributed by atoms with Crippen molar-refractivity contribution in [2.24, 2.45) is 5.73 Å². The molecule has 98 valence electrons. The first-order valence-electron chi connectivity index (χ1n) is 6.18. The Kier molecular flexibility index (Phi) is 3.97. The van der Waals surface area contributed by atoms with Crippen LogP contribution in [0.2, 0.25) is 5.02 Å². The molecule has 2 rings (SSSR count). The van der Waals surface area contributed by atoms with E-state index in [-0.39, 0.29) is 12.5 Å². The van der Waals surface area contributed by atoms with E-state index in [4.69, 9.17) is 23.1 Å². The highest BCUT2D eigenvalue weighted by Crippen LogP contribution is 2.34. The summed E-state index contributed by atoms with van der Waals surface area (Å²) < 4.78 is 0. The summed E-state index contributed by atoms with van der Waals surface area (Å²) in [5, 5.41) is 0.514. The summed E-state index contributed by atoms with van der Waals surface area (Å²) in [6.45, 7) is 0.190. The van der Waals surface area contributed by atoms with Crippen molar-refractivity contribution in [1.82, 2.24) is 0 Å². The monoisotopic (exact) mass is 267 g/mol. The number of hydrogen-bond donors (Lipinski definition) is 2. The molecule has 1 fully saturated rings. The Bertz CT molecular complexity index is 444. The molecule has 1 amide bonds. The number of carbonyl (C=O) groups excluding carboxylic acids is 1. The molecule has 0 saturated heterocycles. The molecule has 4 N–H and O–H groups in total. The van der Waals surface area contributed by atoms with Gasteiger partial charge < -0.3 is 16.4 Å². The maximum Gasteiger partial charge on any atom is 0.236 e. The van der Waals surface area contributed by atoms with E-state index in [1.165, 1.54) is 12.8 Å². The van der Waals surface area contributed by atoms with Gasteiger partial charge in [0.25, 0.3) is 0 Å². The molecule has 0 aromatic heterocycles. The van der Waals surface area contributed by atoms with Gasteiger partial charge in [0.15, 0.2) is 0 Å². The highest BCUT2D eigenvalue weighted by Gasteiger charge is 2.25. The van der Waals surface area contributed by atoms with Crippen LogP contribution in [0.1, 0.15) is 25.7 Å². The summed E-state index contributed by atoms with van der Waals surface area (Å²) in [6.07, 6.45) is 4.50. The molecule has 0 aliphatic heterocycles. The second-order valence-electron chi connectivity index (χ2n) is 4.71. The first-order valence-corrected chi connectivity index (χ1v) is 6.56. The smallest absolute Gasteiger partial charge is 0.236 e. The molecule has 1 aliphatic rings. The van der Waals surface area contributed by atoms with Crippen LogP contribution in [0.15, 0.2) is 18.2 Å². The van der Waals surface area contributed by atoms with Crippen molar-refractivity contribution < 1.29 is 4.79 Å². The summed E-state index contributed by atoms with van der Waals surface area (Å²) in [7, 11) is 0. The Morgan fingerprint density at radius 3 is 2.67 bits per heavy atom. The Morgan fingerprint density at radius 1 is 1.39 bits per heavy atom. The second kappa shape index (κ2) is 5.48. The topological polar surface area (TPSA) is 72.4 Å². The zero-order chi connectivity index (χ0) is 13.1. The summed E-state index contributed by atoms with van der Waals surface area (Å²) in [5.74, 6) is -0.346. The average molecular weight is 268 g/mol. The first-order chi connectivity index (χ1) is 8.59. The minimum absolute atomic E-state index is 0.190. The summed E-state index contributed by atoms with van der Waals surface area (Å²) in [6, 6.07) is 5.81. The van der Waals surface area contributed by atoms with Crippen LogP contribution in [0.5, 0.6) is 0 Å². The first kappa shape index (κ1) is 13.0. The van der Waals surface area contributed by atoms with Crippen LogP contribution < -0.4 is 16.4 Å². The van der Waals surface area contributed by atoms with Crippen molar-refractivity contribution in [1.29, 1.82) is 0 Å². The largest absolute Gasteiger partial charge is 0.396 e. The molecule has 5 heteroatoms. The van der Waals surface area contributed by atoms with E-state index in [2.05, 4.69) is 0 Å². The molecule has 0 radical (unpaired) electrons. The fourth-order valence-electron chi connectivity index (χ4n) is 2.57. The van der Waals surface area contributed by atoms with E-state index in [1.807, 2.05) is 17.0 Å². The molecule has 0 spiro atoms. The van der Waals surface area contributed by atoms with Gasteiger partial charge in [-0.1, -0.05) is 30.5 Å². The summed E-state index contributed by atoms with van der Waals surface area (Å²) >= 11 is 6.03. The number of para-hydroxylation sites is 1. The van der Waals surface area contributed by atoms with Gasteiger partial charge in [-0.25, -0.2) is 0 Å². The molecular weight excluding hydrogens is 250 g/mol. The Labute approximate surface area is 112 Å². The van der Waals surface area contributed by atoms with Crippen LogP contribution in [0.4, 0.5) is 11.4 Å². The maximum atomic E-state index is 11.2. The van der Waals surface area contributed by atoms with Crippen LogP contribution in [-0.4, -0.2) is 18.5 Å². The molecule has 18 heavy (non-hydrogen) atoms. The van der Waals surface area contributed by atoms with Crippen LogP contribution >= 0.6 is 11.6 Å². The van der Waals surface area contributed by atoms with Crippen LogP contribution in [0.25, 0.3) is 0 Å². The van der Waals surface area contributed by atoms with Crippen molar-refractivity contribution in [3.8, 4) is 0 Å². The summed E-state index contributed by atoms with van der Waals surface area (Å²) in [4.78, 5) is 13.2.